The second kappa shape index (κ2) is 6.87. The molecule has 1 aliphatic rings. The number of hydrogen-bond donors (Lipinski definition) is 2. The molecular weight excluding hydrogens is 311 g/mol. The predicted molar refractivity (Wildman–Crippen MR) is 79.7 cm³/mol. The Bertz CT molecular complexity index is 623. The van der Waals surface area contributed by atoms with Gasteiger partial charge in [-0.3, -0.25) is 9.00 Å². The van der Waals surface area contributed by atoms with Crippen molar-refractivity contribution in [1.29, 1.82) is 0 Å². The topological polar surface area (TPSA) is 86.7 Å². The second-order valence-electron chi connectivity index (χ2n) is 5.15. The van der Waals surface area contributed by atoms with Gasteiger partial charge in [0, 0.05) is 25.0 Å². The molecule has 1 aromatic rings. The molecule has 0 aliphatic carbocycles. The number of nitrogens with zero attached hydrogens (tertiary/aromatic N) is 1. The molecule has 0 saturated carbocycles. The molecule has 1 fully saturated rings. The Morgan fingerprint density at radius 1 is 1.45 bits per heavy atom. The van der Waals surface area contributed by atoms with Crippen LogP contribution in [0, 0.1) is 11.7 Å². The van der Waals surface area contributed by atoms with E-state index in [1.807, 2.05) is 0 Å². The third-order valence-corrected chi connectivity index (χ3v) is 4.50. The summed E-state index contributed by atoms with van der Waals surface area (Å²) in [5, 5.41) is 11.5. The molecule has 2 atom stereocenters. The third-order valence-electron chi connectivity index (χ3n) is 3.55. The molecule has 0 radical (unpaired) electrons. The van der Waals surface area contributed by atoms with Crippen molar-refractivity contribution in [3.05, 3.63) is 24.0 Å². The molecule has 0 spiro atoms. The number of halogens is 1. The first-order valence-corrected chi connectivity index (χ1v) is 8.36. The minimum atomic E-state index is -1.44. The number of likely N-dealkylation sites (tertiary alicyclic amines) is 1. The first-order chi connectivity index (χ1) is 10.4. The normalized spacial score (nSPS) is 19.5. The van der Waals surface area contributed by atoms with Crippen LogP contribution in [0.2, 0.25) is 0 Å². The molecule has 1 aromatic carbocycles. The molecule has 0 aromatic heterocycles. The van der Waals surface area contributed by atoms with Gasteiger partial charge in [-0.1, -0.05) is 0 Å². The van der Waals surface area contributed by atoms with Gasteiger partial charge in [0.2, 0.25) is 0 Å². The van der Waals surface area contributed by atoms with Crippen LogP contribution in [0.25, 0.3) is 0 Å². The summed E-state index contributed by atoms with van der Waals surface area (Å²) < 4.78 is 25.0. The minimum absolute atomic E-state index is 0.0712. The molecule has 1 aliphatic heterocycles. The number of carboxylic acid groups (broad SMARTS) is 1. The number of aliphatic carboxylic acids is 1. The standard InChI is InChI=1S/C14H17FN2O4S/c1-22(21)12-5-4-10(7-11(12)15)16-14(20)17-6-2-3-9(8-17)13(18)19/h4-5,7,9H,2-3,6,8H2,1H3,(H,16,20)(H,18,19). The summed E-state index contributed by atoms with van der Waals surface area (Å²) in [5.41, 5.74) is 0.245. The zero-order valence-corrected chi connectivity index (χ0v) is 12.9. The minimum Gasteiger partial charge on any atom is -0.481 e. The Hall–Kier alpha value is -1.96. The SMILES string of the molecule is CS(=O)c1ccc(NC(=O)N2CCCC(C(=O)O)C2)cc1F. The van der Waals surface area contributed by atoms with Gasteiger partial charge >= 0.3 is 12.0 Å². The Morgan fingerprint density at radius 2 is 2.18 bits per heavy atom. The number of hydrogen-bond acceptors (Lipinski definition) is 3. The average Bonchev–Trinajstić information content (AvgIpc) is 2.47. The number of anilines is 1. The Morgan fingerprint density at radius 3 is 2.77 bits per heavy atom. The number of carbonyl (C=O) groups excluding carboxylic acids is 1. The van der Waals surface area contributed by atoms with E-state index in [-0.39, 0.29) is 17.1 Å². The average molecular weight is 328 g/mol. The Balaban J connectivity index is 2.04. The van der Waals surface area contributed by atoms with Gasteiger partial charge in [-0.05, 0) is 31.0 Å². The molecule has 2 unspecified atom stereocenters. The van der Waals surface area contributed by atoms with Gasteiger partial charge < -0.3 is 15.3 Å². The highest BCUT2D eigenvalue weighted by molar-refractivity contribution is 7.84. The van der Waals surface area contributed by atoms with Crippen molar-refractivity contribution in [2.75, 3.05) is 24.7 Å². The number of benzene rings is 1. The van der Waals surface area contributed by atoms with Crippen LogP contribution < -0.4 is 5.32 Å². The molecular formula is C14H17FN2O4S. The number of urea groups is 1. The van der Waals surface area contributed by atoms with Gasteiger partial charge in [0.1, 0.15) is 5.82 Å². The van der Waals surface area contributed by atoms with E-state index < -0.39 is 34.5 Å². The molecule has 22 heavy (non-hydrogen) atoms. The van der Waals surface area contributed by atoms with Crippen LogP contribution in [0.4, 0.5) is 14.9 Å². The van der Waals surface area contributed by atoms with Crippen LogP contribution in [0.1, 0.15) is 12.8 Å². The first kappa shape index (κ1) is 16.4. The fourth-order valence-electron chi connectivity index (χ4n) is 2.38. The van der Waals surface area contributed by atoms with Crippen molar-refractivity contribution in [1.82, 2.24) is 4.90 Å². The highest BCUT2D eigenvalue weighted by Crippen LogP contribution is 2.20. The summed E-state index contributed by atoms with van der Waals surface area (Å²) in [7, 11) is -1.44. The van der Waals surface area contributed by atoms with E-state index in [9.17, 15) is 18.2 Å². The number of amides is 2. The fourth-order valence-corrected chi connectivity index (χ4v) is 2.97. The van der Waals surface area contributed by atoms with E-state index in [2.05, 4.69) is 5.32 Å². The van der Waals surface area contributed by atoms with Crippen LogP contribution in [0.3, 0.4) is 0 Å². The molecule has 6 nitrogen and oxygen atoms in total. The summed E-state index contributed by atoms with van der Waals surface area (Å²) in [6.07, 6.45) is 2.54. The van der Waals surface area contributed by atoms with E-state index in [1.54, 1.807) is 0 Å². The van der Waals surface area contributed by atoms with Crippen LogP contribution in [-0.2, 0) is 15.6 Å². The molecule has 2 rings (SSSR count). The van der Waals surface area contributed by atoms with E-state index in [0.717, 1.165) is 6.07 Å². The van der Waals surface area contributed by atoms with E-state index in [1.165, 1.54) is 23.3 Å². The largest absolute Gasteiger partial charge is 0.481 e. The van der Waals surface area contributed by atoms with E-state index in [0.29, 0.717) is 19.4 Å². The Kier molecular flexibility index (Phi) is 5.12. The fraction of sp³-hybridized carbons (Fsp3) is 0.429. The number of nitrogens with one attached hydrogen (secondary N) is 1. The van der Waals surface area contributed by atoms with Crippen molar-refractivity contribution < 1.29 is 23.3 Å². The maximum Gasteiger partial charge on any atom is 0.321 e. The lowest BCUT2D eigenvalue weighted by atomic mass is 9.99. The van der Waals surface area contributed by atoms with Gasteiger partial charge in [-0.2, -0.15) is 0 Å². The zero-order chi connectivity index (χ0) is 16.3. The maximum absolute atomic E-state index is 13.7. The van der Waals surface area contributed by atoms with Crippen LogP contribution in [-0.4, -0.2) is 45.6 Å². The van der Waals surface area contributed by atoms with Crippen molar-refractivity contribution in [3.8, 4) is 0 Å². The third kappa shape index (κ3) is 3.82. The maximum atomic E-state index is 13.7. The summed E-state index contributed by atoms with van der Waals surface area (Å²) in [6, 6.07) is 3.47. The van der Waals surface area contributed by atoms with E-state index >= 15 is 0 Å². The highest BCUT2D eigenvalue weighted by Gasteiger charge is 2.28. The summed E-state index contributed by atoms with van der Waals surface area (Å²) >= 11 is 0. The molecule has 120 valence electrons. The lowest BCUT2D eigenvalue weighted by Crippen LogP contribution is -2.44. The van der Waals surface area contributed by atoms with Crippen molar-refractivity contribution >= 4 is 28.5 Å². The number of carbonyl (C=O) groups is 2. The van der Waals surface area contributed by atoms with E-state index in [4.69, 9.17) is 5.11 Å². The van der Waals surface area contributed by atoms with Gasteiger partial charge in [0.05, 0.1) is 21.6 Å². The molecule has 1 heterocycles. The van der Waals surface area contributed by atoms with Gasteiger partial charge in [-0.25, -0.2) is 9.18 Å². The summed E-state index contributed by atoms with van der Waals surface area (Å²) in [6.45, 7) is 0.607. The van der Waals surface area contributed by atoms with Gasteiger partial charge in [0.15, 0.2) is 0 Å². The number of rotatable bonds is 3. The quantitative estimate of drug-likeness (QED) is 0.887. The van der Waals surface area contributed by atoms with Crippen LogP contribution in [0.15, 0.2) is 23.1 Å². The zero-order valence-electron chi connectivity index (χ0n) is 12.0. The monoisotopic (exact) mass is 328 g/mol. The van der Waals surface area contributed by atoms with Gasteiger partial charge in [-0.15, -0.1) is 0 Å². The molecule has 0 bridgehead atoms. The lowest BCUT2D eigenvalue weighted by molar-refractivity contribution is -0.143. The molecule has 2 amide bonds. The Labute approximate surface area is 129 Å². The molecule has 1 saturated heterocycles. The smallest absolute Gasteiger partial charge is 0.321 e. The first-order valence-electron chi connectivity index (χ1n) is 6.80. The molecule has 8 heteroatoms. The lowest BCUT2D eigenvalue weighted by Gasteiger charge is -2.30. The highest BCUT2D eigenvalue weighted by atomic mass is 32.2. The van der Waals surface area contributed by atoms with Gasteiger partial charge in [0.25, 0.3) is 0 Å². The van der Waals surface area contributed by atoms with Crippen molar-refractivity contribution in [2.45, 2.75) is 17.7 Å². The van der Waals surface area contributed by atoms with Crippen molar-refractivity contribution in [2.24, 2.45) is 5.92 Å². The van der Waals surface area contributed by atoms with Crippen LogP contribution in [0.5, 0.6) is 0 Å². The number of carboxylic acids is 1. The number of piperidine rings is 1. The van der Waals surface area contributed by atoms with Crippen molar-refractivity contribution in [3.63, 3.8) is 0 Å². The predicted octanol–water partition coefficient (Wildman–Crippen LogP) is 1.89. The summed E-state index contributed by atoms with van der Waals surface area (Å²) in [4.78, 5) is 24.6. The molecule has 2 N–H and O–H groups in total. The second-order valence-corrected chi connectivity index (χ2v) is 6.50. The summed E-state index contributed by atoms with van der Waals surface area (Å²) in [5.74, 6) is -2.14. The van der Waals surface area contributed by atoms with Crippen LogP contribution >= 0.6 is 0 Å².